The molecule has 2 aromatic carbocycles. The van der Waals surface area contributed by atoms with Crippen molar-refractivity contribution in [3.8, 4) is 11.4 Å². The van der Waals surface area contributed by atoms with Crippen molar-refractivity contribution in [1.82, 2.24) is 19.0 Å². The van der Waals surface area contributed by atoms with E-state index in [1.165, 1.54) is 19.2 Å². The minimum atomic E-state index is -3.80. The first-order chi connectivity index (χ1) is 14.3. The Morgan fingerprint density at radius 3 is 2.60 bits per heavy atom. The monoisotopic (exact) mass is 444 g/mol. The third-order valence-electron chi connectivity index (χ3n) is 4.80. The van der Waals surface area contributed by atoms with E-state index in [1.54, 1.807) is 10.6 Å². The summed E-state index contributed by atoms with van der Waals surface area (Å²) in [6.07, 6.45) is 0. The van der Waals surface area contributed by atoms with E-state index in [2.05, 4.69) is 10.1 Å². The number of nitrogens with zero attached hydrogens (tertiary/aromatic N) is 4. The topological polar surface area (TPSA) is 98.3 Å². The smallest absolute Gasteiger partial charge is 0.308 e. The fraction of sp³-hybridized carbons (Fsp3) is 0.250. The van der Waals surface area contributed by atoms with E-state index in [0.29, 0.717) is 17.1 Å². The fourth-order valence-corrected chi connectivity index (χ4v) is 5.32. The number of thiazole rings is 1. The largest absolute Gasteiger partial charge is 0.338 e. The SMILES string of the molecule is CCn1c(=O)sc2cc(S(=O)(=O)N(C)Cc3nc(-c4ccc(C)cc4)no3)ccc21. The minimum absolute atomic E-state index is 0.0640. The maximum atomic E-state index is 13.0. The number of rotatable bonds is 6. The van der Waals surface area contributed by atoms with Crippen molar-refractivity contribution in [2.24, 2.45) is 0 Å². The van der Waals surface area contributed by atoms with Gasteiger partial charge in [0.25, 0.3) is 0 Å². The zero-order valence-electron chi connectivity index (χ0n) is 16.7. The molecule has 0 aliphatic rings. The lowest BCUT2D eigenvalue weighted by atomic mass is 10.1. The van der Waals surface area contributed by atoms with Gasteiger partial charge < -0.3 is 4.52 Å². The Balaban J connectivity index is 1.58. The molecule has 4 aromatic rings. The van der Waals surface area contributed by atoms with Gasteiger partial charge in [-0.15, -0.1) is 0 Å². The van der Waals surface area contributed by atoms with Crippen molar-refractivity contribution in [3.63, 3.8) is 0 Å². The van der Waals surface area contributed by atoms with E-state index in [0.717, 1.165) is 32.3 Å². The Bertz CT molecular complexity index is 1370. The molecule has 2 heterocycles. The highest BCUT2D eigenvalue weighted by Crippen LogP contribution is 2.24. The first-order valence-corrected chi connectivity index (χ1v) is 11.5. The molecule has 10 heteroatoms. The molecule has 0 bridgehead atoms. The summed E-state index contributed by atoms with van der Waals surface area (Å²) in [6.45, 7) is 4.33. The summed E-state index contributed by atoms with van der Waals surface area (Å²) in [7, 11) is -2.35. The van der Waals surface area contributed by atoms with Gasteiger partial charge in [0, 0.05) is 19.2 Å². The normalized spacial score (nSPS) is 12.1. The highest BCUT2D eigenvalue weighted by molar-refractivity contribution is 7.89. The summed E-state index contributed by atoms with van der Waals surface area (Å²) in [6, 6.07) is 12.4. The van der Waals surface area contributed by atoms with E-state index in [4.69, 9.17) is 4.52 Å². The molecule has 0 aliphatic carbocycles. The van der Waals surface area contributed by atoms with Gasteiger partial charge in [-0.3, -0.25) is 9.36 Å². The predicted octanol–water partition coefficient (Wildman–Crippen LogP) is 3.26. The van der Waals surface area contributed by atoms with E-state index in [1.807, 2.05) is 38.1 Å². The Morgan fingerprint density at radius 1 is 1.17 bits per heavy atom. The number of hydrogen-bond donors (Lipinski definition) is 0. The summed E-state index contributed by atoms with van der Waals surface area (Å²) >= 11 is 1.03. The molecule has 0 saturated carbocycles. The number of fused-ring (bicyclic) bond motifs is 1. The zero-order chi connectivity index (χ0) is 21.5. The molecule has 0 unspecified atom stereocenters. The molecule has 156 valence electrons. The van der Waals surface area contributed by atoms with Crippen LogP contribution in [-0.2, 0) is 23.1 Å². The van der Waals surface area contributed by atoms with Crippen LogP contribution < -0.4 is 4.87 Å². The molecule has 0 fully saturated rings. The zero-order valence-corrected chi connectivity index (χ0v) is 18.3. The van der Waals surface area contributed by atoms with Gasteiger partial charge in [-0.05, 0) is 32.0 Å². The Morgan fingerprint density at radius 2 is 1.90 bits per heavy atom. The van der Waals surface area contributed by atoms with Gasteiger partial charge in [0.15, 0.2) is 0 Å². The second-order valence-corrected chi connectivity index (χ2v) is 9.92. The quantitative estimate of drug-likeness (QED) is 0.453. The summed E-state index contributed by atoms with van der Waals surface area (Å²) in [4.78, 5) is 16.3. The highest BCUT2D eigenvalue weighted by Gasteiger charge is 2.24. The second kappa shape index (κ2) is 7.78. The van der Waals surface area contributed by atoms with Crippen LogP contribution in [0.3, 0.4) is 0 Å². The third kappa shape index (κ3) is 3.69. The maximum Gasteiger partial charge on any atom is 0.308 e. The van der Waals surface area contributed by atoms with E-state index in [-0.39, 0.29) is 22.2 Å². The highest BCUT2D eigenvalue weighted by atomic mass is 32.2. The third-order valence-corrected chi connectivity index (χ3v) is 7.54. The fourth-order valence-electron chi connectivity index (χ4n) is 3.10. The van der Waals surface area contributed by atoms with Crippen LogP contribution in [0, 0.1) is 6.92 Å². The van der Waals surface area contributed by atoms with Crippen LogP contribution in [-0.4, -0.2) is 34.5 Å². The molecule has 0 spiro atoms. The standard InChI is InChI=1S/C20H20N4O4S2/c1-4-24-16-10-9-15(11-17(16)29-20(24)25)30(26,27)23(3)12-18-21-19(22-28-18)14-7-5-13(2)6-8-14/h5-11H,4,12H2,1-3H3. The molecular formula is C20H20N4O4S2. The van der Waals surface area contributed by atoms with E-state index in [9.17, 15) is 13.2 Å². The number of hydrogen-bond acceptors (Lipinski definition) is 7. The summed E-state index contributed by atoms with van der Waals surface area (Å²) < 4.78 is 34.7. The molecule has 4 rings (SSSR count). The average molecular weight is 445 g/mol. The Kier molecular flexibility index (Phi) is 5.31. The molecule has 0 atom stereocenters. The van der Waals surface area contributed by atoms with Crippen LogP contribution >= 0.6 is 11.3 Å². The summed E-state index contributed by atoms with van der Waals surface area (Å²) in [5.74, 6) is 0.599. The van der Waals surface area contributed by atoms with Crippen LogP contribution in [0.1, 0.15) is 18.4 Å². The van der Waals surface area contributed by atoms with Crippen LogP contribution in [0.2, 0.25) is 0 Å². The number of benzene rings is 2. The van der Waals surface area contributed by atoms with Crippen molar-refractivity contribution in [2.45, 2.75) is 31.8 Å². The van der Waals surface area contributed by atoms with Crippen LogP contribution in [0.4, 0.5) is 0 Å². The van der Waals surface area contributed by atoms with Gasteiger partial charge in [-0.1, -0.05) is 46.3 Å². The van der Waals surface area contributed by atoms with Gasteiger partial charge in [0.2, 0.25) is 21.7 Å². The number of aromatic nitrogens is 3. The molecule has 2 aromatic heterocycles. The minimum Gasteiger partial charge on any atom is -0.338 e. The van der Waals surface area contributed by atoms with Crippen LogP contribution in [0.15, 0.2) is 56.7 Å². The predicted molar refractivity (Wildman–Crippen MR) is 115 cm³/mol. The van der Waals surface area contributed by atoms with Crippen molar-refractivity contribution in [2.75, 3.05) is 7.05 Å². The molecule has 0 radical (unpaired) electrons. The molecule has 0 aliphatic heterocycles. The lowest BCUT2D eigenvalue weighted by Gasteiger charge is -2.15. The average Bonchev–Trinajstić information content (AvgIpc) is 3.31. The second-order valence-electron chi connectivity index (χ2n) is 6.88. The van der Waals surface area contributed by atoms with E-state index >= 15 is 0 Å². The van der Waals surface area contributed by atoms with Crippen molar-refractivity contribution in [1.29, 1.82) is 0 Å². The molecular weight excluding hydrogens is 424 g/mol. The molecule has 30 heavy (non-hydrogen) atoms. The maximum absolute atomic E-state index is 13.0. The lowest BCUT2D eigenvalue weighted by molar-refractivity contribution is 0.337. The first kappa shape index (κ1) is 20.5. The van der Waals surface area contributed by atoms with Gasteiger partial charge in [0.1, 0.15) is 0 Å². The molecule has 0 N–H and O–H groups in total. The Hall–Kier alpha value is -2.82. The molecule has 8 nitrogen and oxygen atoms in total. The van der Waals surface area contributed by atoms with Gasteiger partial charge in [-0.25, -0.2) is 8.42 Å². The van der Waals surface area contributed by atoms with Crippen LogP contribution in [0.25, 0.3) is 21.6 Å². The van der Waals surface area contributed by atoms with Gasteiger partial charge in [0.05, 0.1) is 21.7 Å². The Labute approximate surface area is 177 Å². The summed E-state index contributed by atoms with van der Waals surface area (Å²) in [5.41, 5.74) is 2.64. The van der Waals surface area contributed by atoms with Gasteiger partial charge >= 0.3 is 4.87 Å². The summed E-state index contributed by atoms with van der Waals surface area (Å²) in [5, 5.41) is 3.94. The molecule has 0 amide bonds. The molecule has 0 saturated heterocycles. The van der Waals surface area contributed by atoms with Gasteiger partial charge in [-0.2, -0.15) is 9.29 Å². The van der Waals surface area contributed by atoms with E-state index < -0.39 is 10.0 Å². The lowest BCUT2D eigenvalue weighted by Crippen LogP contribution is -2.26. The van der Waals surface area contributed by atoms with Crippen molar-refractivity contribution >= 4 is 31.6 Å². The van der Waals surface area contributed by atoms with Crippen molar-refractivity contribution in [3.05, 3.63) is 63.6 Å². The van der Waals surface area contributed by atoms with Crippen LogP contribution in [0.5, 0.6) is 0 Å². The van der Waals surface area contributed by atoms with Crippen molar-refractivity contribution < 1.29 is 12.9 Å². The number of sulfonamides is 1. The first-order valence-electron chi connectivity index (χ1n) is 9.29. The number of aryl methyl sites for hydroxylation is 2.